The van der Waals surface area contributed by atoms with Crippen LogP contribution in [0.4, 0.5) is 0 Å². The molecule has 1 amide bonds. The molecule has 3 nitrogen and oxygen atoms in total. The van der Waals surface area contributed by atoms with E-state index < -0.39 is 5.91 Å². The van der Waals surface area contributed by atoms with Crippen molar-refractivity contribution in [2.75, 3.05) is 0 Å². The Morgan fingerprint density at radius 1 is 1.78 bits per heavy atom. The van der Waals surface area contributed by atoms with Gasteiger partial charge in [0.1, 0.15) is 0 Å². The minimum atomic E-state index is -0.761. The van der Waals surface area contributed by atoms with Crippen LogP contribution in [-0.4, -0.2) is 11.0 Å². The second kappa shape index (κ2) is 3.95. The van der Waals surface area contributed by atoms with Crippen LogP contribution in [0.15, 0.2) is 11.8 Å². The Balaban J connectivity index is 3.69. The molecule has 0 heterocycles. The van der Waals surface area contributed by atoms with Gasteiger partial charge in [-0.05, 0) is 12.5 Å². The summed E-state index contributed by atoms with van der Waals surface area (Å²) in [7, 11) is 0. The molecule has 0 saturated heterocycles. The lowest BCUT2D eigenvalue weighted by Gasteiger charge is -1.89. The van der Waals surface area contributed by atoms with E-state index in [0.29, 0.717) is 6.42 Å². The van der Waals surface area contributed by atoms with Crippen molar-refractivity contribution in [3.05, 3.63) is 11.8 Å². The average Bonchev–Trinajstić information content (AvgIpc) is 1.82. The van der Waals surface area contributed by atoms with Crippen LogP contribution in [0, 0.1) is 0 Å². The number of carbonyl (C=O) groups excluding carboxylic acids is 1. The highest BCUT2D eigenvalue weighted by Crippen LogP contribution is 1.93. The second-order valence-corrected chi connectivity index (χ2v) is 1.74. The van der Waals surface area contributed by atoms with E-state index in [1.165, 1.54) is 6.08 Å². The molecule has 9 heavy (non-hydrogen) atoms. The lowest BCUT2D eigenvalue weighted by atomic mass is 10.3. The molecule has 0 saturated carbocycles. The van der Waals surface area contributed by atoms with Gasteiger partial charge in [-0.15, -0.1) is 0 Å². The van der Waals surface area contributed by atoms with Crippen LogP contribution in [0.1, 0.15) is 19.8 Å². The van der Waals surface area contributed by atoms with Crippen molar-refractivity contribution < 1.29 is 9.90 Å². The van der Waals surface area contributed by atoms with Gasteiger partial charge in [0, 0.05) is 0 Å². The molecule has 52 valence electrons. The molecule has 0 fully saturated rings. The number of aliphatic hydroxyl groups excluding tert-OH is 1. The fraction of sp³-hybridized carbons (Fsp3) is 0.500. The quantitative estimate of drug-likeness (QED) is 0.435. The third kappa shape index (κ3) is 3.58. The molecule has 0 aliphatic carbocycles. The zero-order chi connectivity index (χ0) is 7.28. The van der Waals surface area contributed by atoms with Crippen LogP contribution in [0.3, 0.4) is 0 Å². The van der Waals surface area contributed by atoms with Crippen molar-refractivity contribution in [3.63, 3.8) is 0 Å². The highest BCUT2D eigenvalue weighted by atomic mass is 16.3. The molecular weight excluding hydrogens is 118 g/mol. The van der Waals surface area contributed by atoms with Gasteiger partial charge in [0.15, 0.2) is 5.76 Å². The number of hydrogen-bond donors (Lipinski definition) is 2. The Bertz CT molecular complexity index is 129. The first-order valence-electron chi connectivity index (χ1n) is 2.87. The number of hydrogen-bond acceptors (Lipinski definition) is 2. The maximum Gasteiger partial charge on any atom is 0.283 e. The molecule has 0 bridgehead atoms. The molecule has 0 radical (unpaired) electrons. The summed E-state index contributed by atoms with van der Waals surface area (Å²) < 4.78 is 0. The molecular formula is C6H11NO2. The fourth-order valence-corrected chi connectivity index (χ4v) is 0.382. The van der Waals surface area contributed by atoms with Crippen LogP contribution < -0.4 is 5.73 Å². The average molecular weight is 129 g/mol. The molecule has 3 N–H and O–H groups in total. The first kappa shape index (κ1) is 8.01. The van der Waals surface area contributed by atoms with Crippen LogP contribution in [0.25, 0.3) is 0 Å². The van der Waals surface area contributed by atoms with E-state index in [2.05, 4.69) is 0 Å². The Morgan fingerprint density at radius 2 is 2.33 bits per heavy atom. The van der Waals surface area contributed by atoms with E-state index >= 15 is 0 Å². The highest BCUT2D eigenvalue weighted by molar-refractivity contribution is 5.89. The summed E-state index contributed by atoms with van der Waals surface area (Å²) in [4.78, 5) is 10.1. The van der Waals surface area contributed by atoms with Gasteiger partial charge in [0.2, 0.25) is 0 Å². The van der Waals surface area contributed by atoms with E-state index in [1.54, 1.807) is 0 Å². The zero-order valence-electron chi connectivity index (χ0n) is 5.42. The van der Waals surface area contributed by atoms with Crippen LogP contribution in [-0.2, 0) is 4.79 Å². The lowest BCUT2D eigenvalue weighted by Crippen LogP contribution is -2.13. The zero-order valence-corrected chi connectivity index (χ0v) is 5.42. The largest absolute Gasteiger partial charge is 0.503 e. The van der Waals surface area contributed by atoms with Crippen LogP contribution in [0.2, 0.25) is 0 Å². The predicted octanol–water partition coefficient (Wildman–Crippen LogP) is 0.714. The van der Waals surface area contributed by atoms with Gasteiger partial charge in [-0.25, -0.2) is 0 Å². The Morgan fingerprint density at radius 3 is 2.67 bits per heavy atom. The Labute approximate surface area is 54.2 Å². The monoisotopic (exact) mass is 129 g/mol. The fourth-order valence-electron chi connectivity index (χ4n) is 0.382. The molecule has 0 aromatic rings. The SMILES string of the molecule is CCCC=C(O)C(N)=O. The van der Waals surface area contributed by atoms with Crippen LogP contribution >= 0.6 is 0 Å². The van der Waals surface area contributed by atoms with Crippen molar-refractivity contribution in [1.29, 1.82) is 0 Å². The van der Waals surface area contributed by atoms with E-state index in [0.717, 1.165) is 6.42 Å². The number of carbonyl (C=O) groups is 1. The summed E-state index contributed by atoms with van der Waals surface area (Å²) in [5.41, 5.74) is 4.72. The van der Waals surface area contributed by atoms with Gasteiger partial charge in [0.25, 0.3) is 5.91 Å². The number of rotatable bonds is 3. The maximum absolute atomic E-state index is 10.1. The third-order valence-corrected chi connectivity index (χ3v) is 0.879. The van der Waals surface area contributed by atoms with E-state index in [4.69, 9.17) is 10.8 Å². The molecule has 3 heteroatoms. The smallest absolute Gasteiger partial charge is 0.283 e. The minimum Gasteiger partial charge on any atom is -0.503 e. The summed E-state index contributed by atoms with van der Waals surface area (Å²) >= 11 is 0. The predicted molar refractivity (Wildman–Crippen MR) is 34.8 cm³/mol. The lowest BCUT2D eigenvalue weighted by molar-refractivity contribution is -0.116. The minimum absolute atomic E-state index is 0.336. The number of primary amides is 1. The molecule has 0 spiro atoms. The molecule has 0 aromatic heterocycles. The number of aliphatic hydroxyl groups is 1. The first-order chi connectivity index (χ1) is 4.18. The maximum atomic E-state index is 10.1. The van der Waals surface area contributed by atoms with Gasteiger partial charge < -0.3 is 10.8 Å². The van der Waals surface area contributed by atoms with Gasteiger partial charge in [-0.1, -0.05) is 13.3 Å². The summed E-state index contributed by atoms with van der Waals surface area (Å²) in [6.07, 6.45) is 3.01. The van der Waals surface area contributed by atoms with Gasteiger partial charge in [0.05, 0.1) is 0 Å². The van der Waals surface area contributed by atoms with Crippen molar-refractivity contribution in [1.82, 2.24) is 0 Å². The second-order valence-electron chi connectivity index (χ2n) is 1.74. The van der Waals surface area contributed by atoms with Crippen molar-refractivity contribution in [2.45, 2.75) is 19.8 Å². The molecule has 0 aliphatic rings. The molecule has 0 aliphatic heterocycles. The molecule has 0 aromatic carbocycles. The number of amides is 1. The number of nitrogens with two attached hydrogens (primary N) is 1. The Kier molecular flexibility index (Phi) is 3.51. The standard InChI is InChI=1S/C6H11NO2/c1-2-3-4-5(8)6(7)9/h4,8H,2-3H2,1H3,(H2,7,9). The summed E-state index contributed by atoms with van der Waals surface area (Å²) in [6, 6.07) is 0. The number of unbranched alkanes of at least 4 members (excludes halogenated alkanes) is 1. The summed E-state index contributed by atoms with van der Waals surface area (Å²) in [5, 5.41) is 8.64. The van der Waals surface area contributed by atoms with Gasteiger partial charge >= 0.3 is 0 Å². The third-order valence-electron chi connectivity index (χ3n) is 0.879. The normalized spacial score (nSPS) is 11.4. The Hall–Kier alpha value is -0.990. The molecule has 0 rings (SSSR count). The first-order valence-corrected chi connectivity index (χ1v) is 2.87. The van der Waals surface area contributed by atoms with E-state index in [1.807, 2.05) is 6.92 Å². The van der Waals surface area contributed by atoms with E-state index in [9.17, 15) is 4.79 Å². The summed E-state index contributed by atoms with van der Waals surface area (Å²) in [5.74, 6) is -1.10. The number of allylic oxidation sites excluding steroid dienone is 1. The topological polar surface area (TPSA) is 63.3 Å². The van der Waals surface area contributed by atoms with E-state index in [-0.39, 0.29) is 5.76 Å². The summed E-state index contributed by atoms with van der Waals surface area (Å²) in [6.45, 7) is 1.95. The molecule has 0 atom stereocenters. The van der Waals surface area contributed by atoms with Gasteiger partial charge in [-0.3, -0.25) is 4.79 Å². The van der Waals surface area contributed by atoms with Crippen molar-refractivity contribution in [3.8, 4) is 0 Å². The van der Waals surface area contributed by atoms with Crippen molar-refractivity contribution in [2.24, 2.45) is 5.73 Å². The highest BCUT2D eigenvalue weighted by Gasteiger charge is 1.96. The molecule has 0 unspecified atom stereocenters. The van der Waals surface area contributed by atoms with Crippen LogP contribution in [0.5, 0.6) is 0 Å². The van der Waals surface area contributed by atoms with Crippen molar-refractivity contribution >= 4 is 5.91 Å². The van der Waals surface area contributed by atoms with Gasteiger partial charge in [-0.2, -0.15) is 0 Å².